The first-order chi connectivity index (χ1) is 26.9. The highest BCUT2D eigenvalue weighted by atomic mass is 16.5. The Labute approximate surface area is 322 Å². The number of nitrogens with zero attached hydrogens (tertiary/aromatic N) is 9. The predicted octanol–water partition coefficient (Wildman–Crippen LogP) is 5.05. The summed E-state index contributed by atoms with van der Waals surface area (Å²) < 4.78 is 21.7. The van der Waals surface area contributed by atoms with Crippen LogP contribution >= 0.6 is 0 Å². The molecule has 5 heterocycles. The molecule has 0 fully saturated rings. The third kappa shape index (κ3) is 6.46. The number of ether oxygens (including phenoxy) is 2. The Bertz CT molecular complexity index is 2310. The van der Waals surface area contributed by atoms with Crippen LogP contribution in [0.25, 0.3) is 0 Å². The zero-order chi connectivity index (χ0) is 39.8. The van der Waals surface area contributed by atoms with E-state index in [4.69, 9.17) is 34.4 Å². The van der Waals surface area contributed by atoms with Gasteiger partial charge in [0.25, 0.3) is 0 Å². The first-order valence-electron chi connectivity index (χ1n) is 17.7. The molecule has 2 N–H and O–H groups in total. The van der Waals surface area contributed by atoms with Crippen molar-refractivity contribution in [3.05, 3.63) is 172 Å². The lowest BCUT2D eigenvalue weighted by atomic mass is 9.83. The zero-order valence-electron chi connectivity index (χ0n) is 31.8. The summed E-state index contributed by atoms with van der Waals surface area (Å²) in [5, 5.41) is 19.6. The van der Waals surface area contributed by atoms with Crippen LogP contribution < -0.4 is 0 Å². The van der Waals surface area contributed by atoms with Crippen LogP contribution in [0.3, 0.4) is 0 Å². The molecule has 0 unspecified atom stereocenters. The van der Waals surface area contributed by atoms with E-state index in [0.717, 1.165) is 0 Å². The smallest absolute Gasteiger partial charge is 0.335 e. The van der Waals surface area contributed by atoms with E-state index in [-0.39, 0.29) is 24.3 Å². The molecule has 0 saturated heterocycles. The second kappa shape index (κ2) is 14.8. The van der Waals surface area contributed by atoms with Crippen molar-refractivity contribution in [3.8, 4) is 0 Å². The number of aryl methyl sites for hydroxylation is 6. The molecule has 15 nitrogen and oxygen atoms in total. The minimum Gasteiger partial charge on any atom is -0.478 e. The topological polar surface area (TPSA) is 177 Å². The molecule has 0 atom stereocenters. The molecule has 0 aliphatic carbocycles. The molecule has 286 valence electrons. The lowest BCUT2D eigenvalue weighted by Crippen LogP contribution is -2.42. The Balaban J connectivity index is 1.52. The zero-order valence-corrected chi connectivity index (χ0v) is 31.8. The standard InChI is InChI=1S/C41H41N9O6/c1-26-32(40(36-42-13-17-47(36)3,37-43-14-18-48(37)4)55-24-28-9-7-11-30(21-28)34(51)52)23-33(27(2)46-26)41(38-44-15-19-49(38)5,39-45-16-20-50(39)6)56-25-29-10-8-12-31(22-29)35(53)54/h7-23H,24-25H2,1-6H3,(H,51,52)(H,53,54). The molecule has 56 heavy (non-hydrogen) atoms. The number of aromatic carboxylic acids is 2. The lowest BCUT2D eigenvalue weighted by Gasteiger charge is -2.38. The molecule has 7 rings (SSSR count). The number of carbonyl (C=O) groups is 2. The van der Waals surface area contributed by atoms with Gasteiger partial charge >= 0.3 is 11.9 Å². The fourth-order valence-electron chi connectivity index (χ4n) is 7.32. The van der Waals surface area contributed by atoms with E-state index in [0.29, 0.717) is 56.9 Å². The minimum absolute atomic E-state index is 0.0240. The average Bonchev–Trinajstić information content (AvgIpc) is 4.01. The molecule has 0 radical (unpaired) electrons. The van der Waals surface area contributed by atoms with Gasteiger partial charge in [-0.3, -0.25) is 4.98 Å². The Morgan fingerprint density at radius 1 is 0.571 bits per heavy atom. The Kier molecular flexibility index (Phi) is 9.97. The van der Waals surface area contributed by atoms with Crippen molar-refractivity contribution >= 4 is 11.9 Å². The third-order valence-corrected chi connectivity index (χ3v) is 9.97. The summed E-state index contributed by atoms with van der Waals surface area (Å²) in [7, 11) is 7.47. The molecule has 0 aliphatic heterocycles. The number of hydrogen-bond acceptors (Lipinski definition) is 9. The van der Waals surface area contributed by atoms with Gasteiger partial charge in [0, 0.05) is 100 Å². The van der Waals surface area contributed by atoms with E-state index < -0.39 is 23.1 Å². The van der Waals surface area contributed by atoms with Crippen molar-refractivity contribution in [2.24, 2.45) is 28.2 Å². The third-order valence-electron chi connectivity index (χ3n) is 9.97. The maximum Gasteiger partial charge on any atom is 0.335 e. The van der Waals surface area contributed by atoms with E-state index in [2.05, 4.69) is 0 Å². The van der Waals surface area contributed by atoms with Gasteiger partial charge in [0.2, 0.25) is 11.2 Å². The number of imidazole rings is 4. The van der Waals surface area contributed by atoms with Gasteiger partial charge in [-0.05, 0) is 55.3 Å². The van der Waals surface area contributed by atoms with Crippen molar-refractivity contribution in [2.75, 3.05) is 0 Å². The van der Waals surface area contributed by atoms with E-state index >= 15 is 0 Å². The summed E-state index contributed by atoms with van der Waals surface area (Å²) in [5.74, 6) is -0.134. The van der Waals surface area contributed by atoms with Crippen LogP contribution in [-0.2, 0) is 62.1 Å². The monoisotopic (exact) mass is 755 g/mol. The van der Waals surface area contributed by atoms with Crippen LogP contribution in [0.5, 0.6) is 0 Å². The number of hydrogen-bond donors (Lipinski definition) is 2. The number of benzene rings is 2. The van der Waals surface area contributed by atoms with E-state index in [1.165, 1.54) is 12.1 Å². The summed E-state index contributed by atoms with van der Waals surface area (Å²) in [5.41, 5.74) is 0.833. The molecule has 0 aliphatic rings. The minimum atomic E-state index is -1.53. The van der Waals surface area contributed by atoms with E-state index in [1.807, 2.05) is 91.2 Å². The van der Waals surface area contributed by atoms with Gasteiger partial charge in [-0.25, -0.2) is 29.5 Å². The van der Waals surface area contributed by atoms with Gasteiger partial charge in [-0.15, -0.1) is 0 Å². The number of carboxylic acids is 2. The summed E-state index contributed by atoms with van der Waals surface area (Å²) in [6.07, 6.45) is 14.0. The molecule has 0 spiro atoms. The first kappa shape index (κ1) is 37.6. The predicted molar refractivity (Wildman–Crippen MR) is 203 cm³/mol. The van der Waals surface area contributed by atoms with Crippen molar-refractivity contribution in [1.82, 2.24) is 43.2 Å². The number of rotatable bonds is 14. The maximum atomic E-state index is 12.0. The van der Waals surface area contributed by atoms with Crippen LogP contribution in [0, 0.1) is 13.8 Å². The molecule has 0 bridgehead atoms. The van der Waals surface area contributed by atoms with E-state index in [9.17, 15) is 19.8 Å². The number of pyridine rings is 1. The van der Waals surface area contributed by atoms with Crippen LogP contribution in [0.2, 0.25) is 0 Å². The average molecular weight is 756 g/mol. The highest BCUT2D eigenvalue weighted by Crippen LogP contribution is 2.46. The summed E-state index contributed by atoms with van der Waals surface area (Å²) >= 11 is 0. The lowest BCUT2D eigenvalue weighted by molar-refractivity contribution is -0.0214. The van der Waals surface area contributed by atoms with E-state index in [1.54, 1.807) is 61.2 Å². The van der Waals surface area contributed by atoms with Crippen LogP contribution in [0.4, 0.5) is 0 Å². The normalized spacial score (nSPS) is 12.0. The molecule has 15 heteroatoms. The molecule has 7 aromatic rings. The van der Waals surface area contributed by atoms with Crippen LogP contribution in [-0.4, -0.2) is 65.3 Å². The van der Waals surface area contributed by atoms with Crippen molar-refractivity contribution in [1.29, 1.82) is 0 Å². The van der Waals surface area contributed by atoms with Gasteiger partial charge in [0.15, 0.2) is 23.3 Å². The molecule has 2 aromatic carbocycles. The Hall–Kier alpha value is -6.71. The highest BCUT2D eigenvalue weighted by Gasteiger charge is 2.51. The molecule has 0 amide bonds. The van der Waals surface area contributed by atoms with Crippen LogP contribution in [0.1, 0.15) is 77.7 Å². The number of carboxylic acid groups (broad SMARTS) is 2. The molecule has 0 saturated carbocycles. The fourth-order valence-corrected chi connectivity index (χ4v) is 7.32. The summed E-state index contributed by atoms with van der Waals surface area (Å²) in [4.78, 5) is 48.5. The SMILES string of the molecule is Cc1nc(C)c(C(OCc2cccc(C(=O)O)c2)(c2nccn2C)c2nccn2C)cc1C(OCc1cccc(C(=O)O)c1)(c1nccn1C)c1nccn1C. The van der Waals surface area contributed by atoms with Crippen LogP contribution in [0.15, 0.2) is 104 Å². The van der Waals surface area contributed by atoms with Gasteiger partial charge in [-0.1, -0.05) is 24.3 Å². The summed E-state index contributed by atoms with van der Waals surface area (Å²) in [6, 6.07) is 15.2. The Morgan fingerprint density at radius 2 is 0.911 bits per heavy atom. The largest absolute Gasteiger partial charge is 0.478 e. The molecular weight excluding hydrogens is 715 g/mol. The van der Waals surface area contributed by atoms with Crippen molar-refractivity contribution < 1.29 is 29.3 Å². The first-order valence-corrected chi connectivity index (χ1v) is 17.7. The Morgan fingerprint density at radius 3 is 1.20 bits per heavy atom. The number of aromatic nitrogens is 9. The fraction of sp³-hybridized carbons (Fsp3) is 0.244. The van der Waals surface area contributed by atoms with Crippen molar-refractivity contribution in [2.45, 2.75) is 38.3 Å². The highest BCUT2D eigenvalue weighted by molar-refractivity contribution is 5.88. The van der Waals surface area contributed by atoms with Crippen molar-refractivity contribution in [3.63, 3.8) is 0 Å². The van der Waals surface area contributed by atoms with Gasteiger partial charge < -0.3 is 38.0 Å². The van der Waals surface area contributed by atoms with Gasteiger partial charge in [0.1, 0.15) is 0 Å². The van der Waals surface area contributed by atoms with Gasteiger partial charge in [0.05, 0.1) is 24.3 Å². The second-order valence-corrected chi connectivity index (χ2v) is 13.7. The van der Waals surface area contributed by atoms with Gasteiger partial charge in [-0.2, -0.15) is 0 Å². The molecular formula is C41H41N9O6. The molecule has 5 aromatic heterocycles. The maximum absolute atomic E-state index is 12.0. The quantitative estimate of drug-likeness (QED) is 0.152. The second-order valence-electron chi connectivity index (χ2n) is 13.7. The summed E-state index contributed by atoms with van der Waals surface area (Å²) in [6.45, 7) is 3.73.